The molecular weight excluding hydrogens is 356 g/mol. The average molecular weight is 368 g/mol. The van der Waals surface area contributed by atoms with Gasteiger partial charge in [-0.3, -0.25) is 4.79 Å². The Kier molecular flexibility index (Phi) is 3.78. The minimum Gasteiger partial charge on any atom is -0.482 e. The van der Waals surface area contributed by atoms with Gasteiger partial charge in [0.25, 0.3) is 5.91 Å². The molecule has 108 valence electrons. The van der Waals surface area contributed by atoms with Crippen LogP contribution in [0.25, 0.3) is 0 Å². The predicted octanol–water partition coefficient (Wildman–Crippen LogP) is 3.61. The Balaban J connectivity index is 1.98. The lowest BCUT2D eigenvalue weighted by Crippen LogP contribution is -2.38. The zero-order chi connectivity index (χ0) is 15.0. The van der Waals surface area contributed by atoms with Gasteiger partial charge < -0.3 is 15.4 Å². The lowest BCUT2D eigenvalue weighted by atomic mass is 10.1. The summed E-state index contributed by atoms with van der Waals surface area (Å²) in [5.74, 6) is 0.581. The number of nitrogens with two attached hydrogens (primary N) is 1. The molecule has 3 rings (SSSR count). The number of carbonyl (C=O) groups excluding carboxylic acids is 1. The molecule has 4 nitrogen and oxygen atoms in total. The van der Waals surface area contributed by atoms with E-state index in [1.54, 1.807) is 17.0 Å². The highest BCUT2D eigenvalue weighted by Crippen LogP contribution is 2.36. The highest BCUT2D eigenvalue weighted by molar-refractivity contribution is 9.10. The molecule has 0 aliphatic carbocycles. The van der Waals surface area contributed by atoms with E-state index in [2.05, 4.69) is 15.9 Å². The van der Waals surface area contributed by atoms with E-state index in [4.69, 9.17) is 22.1 Å². The first-order valence-electron chi connectivity index (χ1n) is 6.31. The van der Waals surface area contributed by atoms with Gasteiger partial charge in [-0.15, -0.1) is 0 Å². The van der Waals surface area contributed by atoms with Gasteiger partial charge in [0.1, 0.15) is 5.75 Å². The van der Waals surface area contributed by atoms with Crippen molar-refractivity contribution >= 4 is 44.8 Å². The number of halogens is 2. The largest absolute Gasteiger partial charge is 0.482 e. The van der Waals surface area contributed by atoms with Crippen LogP contribution in [0.5, 0.6) is 5.75 Å². The summed E-state index contributed by atoms with van der Waals surface area (Å²) in [7, 11) is 0. The van der Waals surface area contributed by atoms with Crippen molar-refractivity contribution in [1.82, 2.24) is 0 Å². The number of anilines is 2. The van der Waals surface area contributed by atoms with E-state index in [0.29, 0.717) is 23.0 Å². The van der Waals surface area contributed by atoms with E-state index in [1.165, 1.54) is 0 Å². The molecular formula is C15H12BrClN2O2. The Morgan fingerprint density at radius 2 is 2.10 bits per heavy atom. The minimum atomic E-state index is -0.103. The summed E-state index contributed by atoms with van der Waals surface area (Å²) >= 11 is 9.61. The Morgan fingerprint density at radius 3 is 2.86 bits per heavy atom. The van der Waals surface area contributed by atoms with E-state index in [9.17, 15) is 4.79 Å². The first-order chi connectivity index (χ1) is 10.0. The molecule has 0 bridgehead atoms. The second-order valence-electron chi connectivity index (χ2n) is 4.73. The van der Waals surface area contributed by atoms with Crippen molar-refractivity contribution in [2.75, 3.05) is 17.2 Å². The summed E-state index contributed by atoms with van der Waals surface area (Å²) in [6, 6.07) is 10.9. The van der Waals surface area contributed by atoms with Gasteiger partial charge in [0.05, 0.1) is 12.2 Å². The molecule has 0 atom stereocenters. The minimum absolute atomic E-state index is 0.0290. The van der Waals surface area contributed by atoms with Crippen LogP contribution in [0.15, 0.2) is 40.9 Å². The van der Waals surface area contributed by atoms with Crippen LogP contribution in [-0.2, 0) is 11.3 Å². The fourth-order valence-electron chi connectivity index (χ4n) is 2.21. The topological polar surface area (TPSA) is 55.6 Å². The van der Waals surface area contributed by atoms with Gasteiger partial charge in [0.15, 0.2) is 6.61 Å². The molecule has 1 amide bonds. The van der Waals surface area contributed by atoms with Crippen molar-refractivity contribution in [3.05, 3.63) is 51.5 Å². The molecule has 0 radical (unpaired) electrons. The number of benzene rings is 2. The third-order valence-electron chi connectivity index (χ3n) is 3.27. The summed E-state index contributed by atoms with van der Waals surface area (Å²) in [4.78, 5) is 13.8. The standard InChI is InChI=1S/C15H12BrClN2O2/c16-10-2-4-14-13(5-10)19(15(20)8-21-14)7-9-1-3-11(18)6-12(9)17/h1-6H,7-8,18H2. The summed E-state index contributed by atoms with van der Waals surface area (Å²) in [6.45, 7) is 0.409. The molecule has 2 N–H and O–H groups in total. The summed E-state index contributed by atoms with van der Waals surface area (Å²) in [5.41, 5.74) is 7.86. The van der Waals surface area contributed by atoms with Gasteiger partial charge >= 0.3 is 0 Å². The normalized spacial score (nSPS) is 13.8. The molecule has 0 saturated heterocycles. The van der Waals surface area contributed by atoms with Crippen LogP contribution in [0, 0.1) is 0 Å². The maximum Gasteiger partial charge on any atom is 0.265 e. The number of hydrogen-bond acceptors (Lipinski definition) is 3. The smallest absolute Gasteiger partial charge is 0.265 e. The Bertz CT molecular complexity index is 721. The van der Waals surface area contributed by atoms with Gasteiger partial charge in [-0.2, -0.15) is 0 Å². The molecule has 2 aromatic carbocycles. The molecule has 0 spiro atoms. The first-order valence-corrected chi connectivity index (χ1v) is 7.48. The molecule has 1 aliphatic heterocycles. The summed E-state index contributed by atoms with van der Waals surface area (Å²) in [5, 5.41) is 0.547. The van der Waals surface area contributed by atoms with Crippen molar-refractivity contribution in [2.45, 2.75) is 6.54 Å². The number of nitrogens with zero attached hydrogens (tertiary/aromatic N) is 1. The number of amides is 1. The van der Waals surface area contributed by atoms with Crippen LogP contribution >= 0.6 is 27.5 Å². The van der Waals surface area contributed by atoms with E-state index in [-0.39, 0.29) is 12.5 Å². The molecule has 1 aliphatic rings. The SMILES string of the molecule is Nc1ccc(CN2C(=O)COc3ccc(Br)cc32)c(Cl)c1. The van der Waals surface area contributed by atoms with Crippen LogP contribution < -0.4 is 15.4 Å². The lowest BCUT2D eigenvalue weighted by molar-refractivity contribution is -0.121. The number of hydrogen-bond donors (Lipinski definition) is 1. The first kappa shape index (κ1) is 14.2. The number of rotatable bonds is 2. The van der Waals surface area contributed by atoms with Gasteiger partial charge in [-0.05, 0) is 35.9 Å². The Morgan fingerprint density at radius 1 is 1.29 bits per heavy atom. The third-order valence-corrected chi connectivity index (χ3v) is 4.11. The molecule has 1 heterocycles. The number of ether oxygens (including phenoxy) is 1. The second kappa shape index (κ2) is 5.58. The number of carbonyl (C=O) groups is 1. The van der Waals surface area contributed by atoms with Crippen LogP contribution in [0.3, 0.4) is 0 Å². The van der Waals surface area contributed by atoms with E-state index >= 15 is 0 Å². The number of nitrogen functional groups attached to an aromatic ring is 1. The van der Waals surface area contributed by atoms with Crippen LogP contribution in [0.1, 0.15) is 5.56 Å². The molecule has 6 heteroatoms. The number of fused-ring (bicyclic) bond motifs is 1. The highest BCUT2D eigenvalue weighted by atomic mass is 79.9. The quantitative estimate of drug-likeness (QED) is 0.825. The second-order valence-corrected chi connectivity index (χ2v) is 6.05. The molecule has 2 aromatic rings. The van der Waals surface area contributed by atoms with Gasteiger partial charge in [0.2, 0.25) is 0 Å². The lowest BCUT2D eigenvalue weighted by Gasteiger charge is -2.29. The molecule has 21 heavy (non-hydrogen) atoms. The predicted molar refractivity (Wildman–Crippen MR) is 86.7 cm³/mol. The van der Waals surface area contributed by atoms with Crippen molar-refractivity contribution < 1.29 is 9.53 Å². The van der Waals surface area contributed by atoms with E-state index < -0.39 is 0 Å². The van der Waals surface area contributed by atoms with Gasteiger partial charge in [-0.1, -0.05) is 33.6 Å². The van der Waals surface area contributed by atoms with Crippen molar-refractivity contribution in [3.8, 4) is 5.75 Å². The summed E-state index contributed by atoms with van der Waals surface area (Å²) < 4.78 is 6.33. The van der Waals surface area contributed by atoms with Crippen molar-refractivity contribution in [3.63, 3.8) is 0 Å². The van der Waals surface area contributed by atoms with Gasteiger partial charge in [-0.25, -0.2) is 0 Å². The zero-order valence-corrected chi connectivity index (χ0v) is 13.3. The molecule has 0 aromatic heterocycles. The van der Waals surface area contributed by atoms with Gasteiger partial charge in [0, 0.05) is 15.2 Å². The van der Waals surface area contributed by atoms with Crippen molar-refractivity contribution in [1.29, 1.82) is 0 Å². The van der Waals surface area contributed by atoms with E-state index in [1.807, 2.05) is 24.3 Å². The fraction of sp³-hybridized carbons (Fsp3) is 0.133. The van der Waals surface area contributed by atoms with Crippen LogP contribution in [0.2, 0.25) is 5.02 Å². The monoisotopic (exact) mass is 366 g/mol. The fourth-order valence-corrected chi connectivity index (χ4v) is 2.81. The summed E-state index contributed by atoms with van der Waals surface area (Å²) in [6.07, 6.45) is 0. The molecule has 0 unspecified atom stereocenters. The Labute approximate surface area is 135 Å². The third kappa shape index (κ3) is 2.84. The molecule has 0 fully saturated rings. The highest BCUT2D eigenvalue weighted by Gasteiger charge is 2.26. The van der Waals surface area contributed by atoms with Crippen LogP contribution in [-0.4, -0.2) is 12.5 Å². The average Bonchev–Trinajstić information content (AvgIpc) is 2.44. The maximum atomic E-state index is 12.2. The van der Waals surface area contributed by atoms with Crippen molar-refractivity contribution in [2.24, 2.45) is 0 Å². The van der Waals surface area contributed by atoms with E-state index in [0.717, 1.165) is 15.7 Å². The Hall–Kier alpha value is -1.72. The molecule has 0 saturated carbocycles. The zero-order valence-electron chi connectivity index (χ0n) is 11.0. The maximum absolute atomic E-state index is 12.2. The van der Waals surface area contributed by atoms with Crippen LogP contribution in [0.4, 0.5) is 11.4 Å².